The van der Waals surface area contributed by atoms with Crippen LogP contribution in [0.15, 0.2) is 30.3 Å². The maximum atomic E-state index is 12.9. The highest BCUT2D eigenvalue weighted by molar-refractivity contribution is 7.89. The molecular formula is C17H23NO4S. The number of rotatable bonds is 6. The molecule has 0 amide bonds. The lowest BCUT2D eigenvalue weighted by atomic mass is 9.97. The van der Waals surface area contributed by atoms with Gasteiger partial charge in [-0.05, 0) is 36.7 Å². The molecule has 1 saturated heterocycles. The highest BCUT2D eigenvalue weighted by Gasteiger charge is 2.51. The van der Waals surface area contributed by atoms with Crippen molar-refractivity contribution in [3.05, 3.63) is 35.9 Å². The summed E-state index contributed by atoms with van der Waals surface area (Å²) in [5, 5.41) is 9.12. The van der Waals surface area contributed by atoms with E-state index in [9.17, 15) is 13.2 Å². The average molecular weight is 337 g/mol. The first kappa shape index (κ1) is 16.5. The molecule has 2 aliphatic rings. The van der Waals surface area contributed by atoms with Crippen molar-refractivity contribution >= 4 is 16.0 Å². The number of carbonyl (C=O) groups is 1. The molecule has 1 saturated carbocycles. The number of hydrogen-bond donors (Lipinski definition) is 1. The Bertz CT molecular complexity index is 673. The normalized spacial score (nSPS) is 28.8. The fraction of sp³-hybridized carbons (Fsp3) is 0.588. The monoisotopic (exact) mass is 337 g/mol. The largest absolute Gasteiger partial charge is 0.481 e. The molecule has 0 spiro atoms. The highest BCUT2D eigenvalue weighted by Crippen LogP contribution is 2.45. The minimum atomic E-state index is -3.46. The summed E-state index contributed by atoms with van der Waals surface area (Å²) in [5.74, 6) is -0.779. The Morgan fingerprint density at radius 1 is 1.30 bits per heavy atom. The fourth-order valence-corrected chi connectivity index (χ4v) is 6.50. The zero-order valence-electron chi connectivity index (χ0n) is 13.3. The van der Waals surface area contributed by atoms with Gasteiger partial charge in [0.15, 0.2) is 0 Å². The Labute approximate surface area is 137 Å². The molecule has 1 unspecified atom stereocenters. The van der Waals surface area contributed by atoms with E-state index in [0.717, 1.165) is 24.8 Å². The summed E-state index contributed by atoms with van der Waals surface area (Å²) < 4.78 is 27.4. The molecule has 2 bridgehead atoms. The van der Waals surface area contributed by atoms with Crippen LogP contribution in [0.4, 0.5) is 0 Å². The topological polar surface area (TPSA) is 74.7 Å². The van der Waals surface area contributed by atoms with Crippen molar-refractivity contribution in [1.82, 2.24) is 4.31 Å². The SMILES string of the molecule is CC(CS(=O)(=O)N1[C@@H]2CC[C@@H](C2)[C@H]1CC(=O)O)c1ccccc1. The van der Waals surface area contributed by atoms with Crippen LogP contribution in [0.25, 0.3) is 0 Å². The van der Waals surface area contributed by atoms with E-state index >= 15 is 0 Å². The lowest BCUT2D eigenvalue weighted by Crippen LogP contribution is -2.47. The summed E-state index contributed by atoms with van der Waals surface area (Å²) >= 11 is 0. The van der Waals surface area contributed by atoms with Gasteiger partial charge in [0.1, 0.15) is 0 Å². The first-order valence-corrected chi connectivity index (χ1v) is 9.77. The number of piperidine rings is 1. The molecule has 2 fully saturated rings. The van der Waals surface area contributed by atoms with Crippen LogP contribution in [-0.2, 0) is 14.8 Å². The Hall–Kier alpha value is -1.40. The van der Waals surface area contributed by atoms with Gasteiger partial charge < -0.3 is 5.11 Å². The Balaban J connectivity index is 1.79. The maximum Gasteiger partial charge on any atom is 0.304 e. The summed E-state index contributed by atoms with van der Waals surface area (Å²) in [6, 6.07) is 9.23. The molecule has 0 aromatic heterocycles. The first-order chi connectivity index (χ1) is 10.9. The molecule has 23 heavy (non-hydrogen) atoms. The second kappa shape index (κ2) is 6.24. The van der Waals surface area contributed by atoms with Gasteiger partial charge >= 0.3 is 5.97 Å². The van der Waals surface area contributed by atoms with Crippen LogP contribution in [0.3, 0.4) is 0 Å². The lowest BCUT2D eigenvalue weighted by Gasteiger charge is -2.34. The van der Waals surface area contributed by atoms with Gasteiger partial charge in [0.2, 0.25) is 10.0 Å². The van der Waals surface area contributed by atoms with E-state index in [1.165, 1.54) is 4.31 Å². The second-order valence-corrected chi connectivity index (χ2v) is 8.73. The van der Waals surface area contributed by atoms with Crippen molar-refractivity contribution in [3.8, 4) is 0 Å². The molecule has 1 N–H and O–H groups in total. The molecule has 4 atom stereocenters. The average Bonchev–Trinajstić information content (AvgIpc) is 3.08. The predicted molar refractivity (Wildman–Crippen MR) is 87.7 cm³/mol. The van der Waals surface area contributed by atoms with E-state index in [1.807, 2.05) is 37.3 Å². The molecule has 1 aliphatic heterocycles. The molecule has 126 valence electrons. The molecular weight excluding hydrogens is 314 g/mol. The lowest BCUT2D eigenvalue weighted by molar-refractivity contribution is -0.138. The van der Waals surface area contributed by atoms with Crippen molar-refractivity contribution in [2.75, 3.05) is 5.75 Å². The quantitative estimate of drug-likeness (QED) is 0.865. The van der Waals surface area contributed by atoms with Crippen molar-refractivity contribution in [2.45, 2.75) is 50.6 Å². The summed E-state index contributed by atoms with van der Waals surface area (Å²) in [4.78, 5) is 11.1. The molecule has 1 heterocycles. The summed E-state index contributed by atoms with van der Waals surface area (Å²) in [7, 11) is -3.46. The van der Waals surface area contributed by atoms with Crippen LogP contribution in [0.1, 0.15) is 44.1 Å². The van der Waals surface area contributed by atoms with Gasteiger partial charge in [-0.15, -0.1) is 0 Å². The smallest absolute Gasteiger partial charge is 0.304 e. The van der Waals surface area contributed by atoms with Crippen molar-refractivity contribution in [1.29, 1.82) is 0 Å². The Morgan fingerprint density at radius 2 is 2.00 bits per heavy atom. The zero-order valence-corrected chi connectivity index (χ0v) is 14.1. The molecule has 1 aliphatic carbocycles. The Morgan fingerprint density at radius 3 is 2.65 bits per heavy atom. The van der Waals surface area contributed by atoms with Crippen molar-refractivity contribution in [3.63, 3.8) is 0 Å². The summed E-state index contributed by atoms with van der Waals surface area (Å²) in [6.07, 6.45) is 2.54. The van der Waals surface area contributed by atoms with Crippen LogP contribution in [0, 0.1) is 5.92 Å². The van der Waals surface area contributed by atoms with Gasteiger partial charge in [-0.3, -0.25) is 4.79 Å². The number of aliphatic carboxylic acids is 1. The van der Waals surface area contributed by atoms with Gasteiger partial charge in [0, 0.05) is 12.1 Å². The number of fused-ring (bicyclic) bond motifs is 2. The van der Waals surface area contributed by atoms with Gasteiger partial charge in [-0.2, -0.15) is 4.31 Å². The molecule has 0 radical (unpaired) electrons. The minimum absolute atomic E-state index is 0.00248. The zero-order chi connectivity index (χ0) is 16.6. The number of carboxylic acid groups (broad SMARTS) is 1. The van der Waals surface area contributed by atoms with Crippen LogP contribution in [-0.4, -0.2) is 41.6 Å². The van der Waals surface area contributed by atoms with Gasteiger partial charge in [0.25, 0.3) is 0 Å². The van der Waals surface area contributed by atoms with E-state index in [2.05, 4.69) is 0 Å². The van der Waals surface area contributed by atoms with Crippen molar-refractivity contribution < 1.29 is 18.3 Å². The highest BCUT2D eigenvalue weighted by atomic mass is 32.2. The van der Waals surface area contributed by atoms with Crippen LogP contribution < -0.4 is 0 Å². The van der Waals surface area contributed by atoms with E-state index in [-0.39, 0.29) is 36.1 Å². The van der Waals surface area contributed by atoms with E-state index < -0.39 is 16.0 Å². The standard InChI is InChI=1S/C17H23NO4S/c1-12(13-5-3-2-4-6-13)11-23(21,22)18-15-8-7-14(9-15)16(18)10-17(19)20/h2-6,12,14-16H,7-11H2,1H3,(H,19,20)/t12?,14-,15+,16+/m0/s1. The van der Waals surface area contributed by atoms with E-state index in [4.69, 9.17) is 5.11 Å². The first-order valence-electron chi connectivity index (χ1n) is 8.16. The van der Waals surface area contributed by atoms with E-state index in [1.54, 1.807) is 0 Å². The van der Waals surface area contributed by atoms with E-state index in [0.29, 0.717) is 0 Å². The molecule has 1 aromatic rings. The summed E-state index contributed by atoms with van der Waals surface area (Å²) in [6.45, 7) is 1.91. The minimum Gasteiger partial charge on any atom is -0.481 e. The maximum absolute atomic E-state index is 12.9. The Kier molecular flexibility index (Phi) is 4.47. The summed E-state index contributed by atoms with van der Waals surface area (Å²) in [5.41, 5.74) is 0.996. The third-order valence-electron chi connectivity index (χ3n) is 5.21. The number of sulfonamides is 1. The molecule has 5 nitrogen and oxygen atoms in total. The van der Waals surface area contributed by atoms with Gasteiger partial charge in [0.05, 0.1) is 12.2 Å². The third-order valence-corrected chi connectivity index (χ3v) is 7.34. The number of benzene rings is 1. The predicted octanol–water partition coefficient (Wildman–Crippen LogP) is 2.45. The fourth-order valence-electron chi connectivity index (χ4n) is 4.20. The second-order valence-electron chi connectivity index (χ2n) is 6.81. The van der Waals surface area contributed by atoms with Crippen LogP contribution in [0.2, 0.25) is 0 Å². The third kappa shape index (κ3) is 3.28. The molecule has 3 rings (SSSR count). The van der Waals surface area contributed by atoms with Crippen LogP contribution in [0.5, 0.6) is 0 Å². The number of nitrogens with zero attached hydrogens (tertiary/aromatic N) is 1. The van der Waals surface area contributed by atoms with Crippen LogP contribution >= 0.6 is 0 Å². The number of carboxylic acids is 1. The molecule has 1 aromatic carbocycles. The van der Waals surface area contributed by atoms with Gasteiger partial charge in [-0.25, -0.2) is 8.42 Å². The van der Waals surface area contributed by atoms with Gasteiger partial charge in [-0.1, -0.05) is 37.3 Å². The van der Waals surface area contributed by atoms with Crippen molar-refractivity contribution in [2.24, 2.45) is 5.92 Å². The molecule has 6 heteroatoms. The number of hydrogen-bond acceptors (Lipinski definition) is 3.